The van der Waals surface area contributed by atoms with Crippen molar-refractivity contribution in [3.8, 4) is 0 Å². The molecule has 1 aliphatic rings. The lowest BCUT2D eigenvalue weighted by molar-refractivity contribution is -0.115. The number of hydrogen-bond acceptors (Lipinski definition) is 5. The van der Waals surface area contributed by atoms with Gasteiger partial charge in [-0.25, -0.2) is 4.79 Å². The molecule has 1 aliphatic heterocycles. The number of fused-ring (bicyclic) bond motifs is 1. The summed E-state index contributed by atoms with van der Waals surface area (Å²) in [5.74, 6) is -0.697. The third kappa shape index (κ3) is 3.88. The summed E-state index contributed by atoms with van der Waals surface area (Å²) in [6, 6.07) is 12.1. The lowest BCUT2D eigenvalue weighted by Gasteiger charge is -2.21. The monoisotopic (exact) mass is 370 g/mol. The maximum atomic E-state index is 12.4. The van der Waals surface area contributed by atoms with E-state index in [0.29, 0.717) is 23.4 Å². The van der Waals surface area contributed by atoms with Gasteiger partial charge in [-0.05, 0) is 42.8 Å². The van der Waals surface area contributed by atoms with E-state index < -0.39 is 5.97 Å². The van der Waals surface area contributed by atoms with Crippen molar-refractivity contribution in [2.75, 3.05) is 12.4 Å². The van der Waals surface area contributed by atoms with Gasteiger partial charge in [0.1, 0.15) is 0 Å². The fraction of sp³-hybridized carbons (Fsp3) is 0.211. The van der Waals surface area contributed by atoms with Crippen LogP contribution in [0.1, 0.15) is 33.2 Å². The first-order chi connectivity index (χ1) is 12.5. The van der Waals surface area contributed by atoms with Gasteiger partial charge in [0.2, 0.25) is 5.91 Å². The van der Waals surface area contributed by atoms with Crippen molar-refractivity contribution < 1.29 is 19.1 Å². The quantitative estimate of drug-likeness (QED) is 0.809. The fourth-order valence-electron chi connectivity index (χ4n) is 2.51. The van der Waals surface area contributed by atoms with E-state index in [4.69, 9.17) is 0 Å². The van der Waals surface area contributed by atoms with Gasteiger partial charge in [0.05, 0.1) is 23.6 Å². The van der Waals surface area contributed by atoms with Crippen LogP contribution in [0.15, 0.2) is 47.4 Å². The molecule has 3 rings (SSSR count). The molecule has 0 aliphatic carbocycles. The molecule has 0 spiro atoms. The number of ether oxygens (including phenoxy) is 1. The molecular formula is C19H18N2O4S. The summed E-state index contributed by atoms with van der Waals surface area (Å²) in [7, 11) is 1.33. The molecule has 1 atom stereocenters. The molecule has 6 nitrogen and oxygen atoms in total. The zero-order valence-corrected chi connectivity index (χ0v) is 15.2. The minimum atomic E-state index is -0.399. The van der Waals surface area contributed by atoms with Crippen LogP contribution in [-0.4, -0.2) is 30.1 Å². The summed E-state index contributed by atoms with van der Waals surface area (Å²) in [5.41, 5.74) is 2.46. The lowest BCUT2D eigenvalue weighted by atomic mass is 10.1. The number of nitrogens with one attached hydrogen (secondary N) is 2. The Morgan fingerprint density at radius 2 is 1.85 bits per heavy atom. The van der Waals surface area contributed by atoms with Gasteiger partial charge >= 0.3 is 5.97 Å². The van der Waals surface area contributed by atoms with Crippen molar-refractivity contribution in [3.63, 3.8) is 0 Å². The van der Waals surface area contributed by atoms with E-state index in [9.17, 15) is 14.4 Å². The van der Waals surface area contributed by atoms with Gasteiger partial charge in [-0.3, -0.25) is 9.59 Å². The molecule has 0 saturated heterocycles. The van der Waals surface area contributed by atoms with Crippen molar-refractivity contribution in [3.05, 3.63) is 59.2 Å². The van der Waals surface area contributed by atoms with Crippen molar-refractivity contribution >= 4 is 35.2 Å². The van der Waals surface area contributed by atoms with Crippen molar-refractivity contribution in [2.45, 2.75) is 23.6 Å². The van der Waals surface area contributed by atoms with Gasteiger partial charge < -0.3 is 15.4 Å². The van der Waals surface area contributed by atoms with E-state index in [1.165, 1.54) is 18.9 Å². The predicted molar refractivity (Wildman–Crippen MR) is 99.3 cm³/mol. The number of esters is 1. The van der Waals surface area contributed by atoms with Crippen LogP contribution in [0.2, 0.25) is 0 Å². The molecular weight excluding hydrogens is 352 g/mol. The van der Waals surface area contributed by atoms with E-state index in [2.05, 4.69) is 15.4 Å². The Morgan fingerprint density at radius 3 is 2.54 bits per heavy atom. The Hall–Kier alpha value is -2.80. The van der Waals surface area contributed by atoms with Crippen LogP contribution in [0, 0.1) is 0 Å². The molecule has 26 heavy (non-hydrogen) atoms. The van der Waals surface area contributed by atoms with Crippen LogP contribution >= 0.6 is 11.8 Å². The number of benzene rings is 2. The van der Waals surface area contributed by atoms with Crippen molar-refractivity contribution in [1.82, 2.24) is 5.32 Å². The Morgan fingerprint density at radius 1 is 1.15 bits per heavy atom. The Bertz CT molecular complexity index is 864. The summed E-state index contributed by atoms with van der Waals surface area (Å²) >= 11 is 1.47. The van der Waals surface area contributed by atoms with Crippen LogP contribution < -0.4 is 10.6 Å². The van der Waals surface area contributed by atoms with E-state index in [0.717, 1.165) is 10.5 Å². The molecule has 0 fully saturated rings. The molecule has 2 amide bonds. The van der Waals surface area contributed by atoms with Crippen molar-refractivity contribution in [2.24, 2.45) is 0 Å². The first-order valence-corrected chi connectivity index (χ1v) is 8.93. The summed E-state index contributed by atoms with van der Waals surface area (Å²) in [6.07, 6.45) is 0. The van der Waals surface area contributed by atoms with Gasteiger partial charge in [-0.15, -0.1) is 11.8 Å². The number of hydrogen-bond donors (Lipinski definition) is 2. The van der Waals surface area contributed by atoms with E-state index in [-0.39, 0.29) is 17.1 Å². The first kappa shape index (κ1) is 18.0. The van der Waals surface area contributed by atoms with Gasteiger partial charge in [-0.2, -0.15) is 0 Å². The second-order valence-corrected chi connectivity index (χ2v) is 7.21. The number of amides is 2. The van der Waals surface area contributed by atoms with Crippen LogP contribution in [-0.2, 0) is 16.1 Å². The number of carbonyl (C=O) groups is 3. The highest BCUT2D eigenvalue weighted by atomic mass is 32.2. The molecule has 0 saturated carbocycles. The van der Waals surface area contributed by atoms with Gasteiger partial charge in [-0.1, -0.05) is 12.1 Å². The molecule has 2 aromatic carbocycles. The van der Waals surface area contributed by atoms with Crippen LogP contribution in [0.5, 0.6) is 0 Å². The molecule has 2 N–H and O–H groups in total. The molecule has 134 valence electrons. The summed E-state index contributed by atoms with van der Waals surface area (Å²) < 4.78 is 4.65. The SMILES string of the molecule is COC(=O)c1ccc(CNC(=O)c2ccc3c(c2)NC(=O)C(C)S3)cc1. The molecule has 0 radical (unpaired) electrons. The maximum Gasteiger partial charge on any atom is 0.337 e. The zero-order chi connectivity index (χ0) is 18.7. The Labute approximate surface area is 155 Å². The fourth-order valence-corrected chi connectivity index (χ4v) is 3.44. The number of methoxy groups -OCH3 is 1. The molecule has 7 heteroatoms. The zero-order valence-electron chi connectivity index (χ0n) is 14.4. The summed E-state index contributed by atoms with van der Waals surface area (Å²) in [6.45, 7) is 2.17. The molecule has 1 heterocycles. The summed E-state index contributed by atoms with van der Waals surface area (Å²) in [5, 5.41) is 5.50. The number of rotatable bonds is 4. The smallest absolute Gasteiger partial charge is 0.337 e. The number of thioether (sulfide) groups is 1. The average molecular weight is 370 g/mol. The molecule has 1 unspecified atom stereocenters. The number of carbonyl (C=O) groups excluding carboxylic acids is 3. The standard InChI is InChI=1S/C19H18N2O4S/c1-11-17(22)21-15-9-14(7-8-16(15)26-11)18(23)20-10-12-3-5-13(6-4-12)19(24)25-2/h3-9,11H,10H2,1-2H3,(H,20,23)(H,21,22). The maximum absolute atomic E-state index is 12.4. The normalized spacial score (nSPS) is 15.6. The largest absolute Gasteiger partial charge is 0.465 e. The van der Waals surface area contributed by atoms with Crippen LogP contribution in [0.4, 0.5) is 5.69 Å². The summed E-state index contributed by atoms with van der Waals surface area (Å²) in [4.78, 5) is 36.5. The van der Waals surface area contributed by atoms with Crippen molar-refractivity contribution in [1.29, 1.82) is 0 Å². The topological polar surface area (TPSA) is 84.5 Å². The van der Waals surface area contributed by atoms with Crippen LogP contribution in [0.25, 0.3) is 0 Å². The van der Waals surface area contributed by atoms with Gasteiger partial charge in [0.25, 0.3) is 5.91 Å². The Balaban J connectivity index is 1.64. The highest BCUT2D eigenvalue weighted by molar-refractivity contribution is 8.00. The Kier molecular flexibility index (Phi) is 5.27. The third-order valence-corrected chi connectivity index (χ3v) is 5.18. The minimum Gasteiger partial charge on any atom is -0.465 e. The third-order valence-electron chi connectivity index (χ3n) is 4.00. The van der Waals surface area contributed by atoms with E-state index in [1.807, 2.05) is 13.0 Å². The van der Waals surface area contributed by atoms with Gasteiger partial charge in [0, 0.05) is 17.0 Å². The second kappa shape index (κ2) is 7.61. The minimum absolute atomic E-state index is 0.0641. The first-order valence-electron chi connectivity index (χ1n) is 8.05. The van der Waals surface area contributed by atoms with E-state index in [1.54, 1.807) is 36.4 Å². The molecule has 0 aromatic heterocycles. The van der Waals surface area contributed by atoms with Gasteiger partial charge in [0.15, 0.2) is 0 Å². The lowest BCUT2D eigenvalue weighted by Crippen LogP contribution is -2.27. The van der Waals surface area contributed by atoms with E-state index >= 15 is 0 Å². The highest BCUT2D eigenvalue weighted by Crippen LogP contribution is 2.35. The predicted octanol–water partition coefficient (Wildman–Crippen LogP) is 2.84. The molecule has 2 aromatic rings. The second-order valence-electron chi connectivity index (χ2n) is 5.83. The van der Waals surface area contributed by atoms with Crippen LogP contribution in [0.3, 0.4) is 0 Å². The molecule has 0 bridgehead atoms. The number of anilines is 1. The highest BCUT2D eigenvalue weighted by Gasteiger charge is 2.23. The average Bonchev–Trinajstić information content (AvgIpc) is 2.66.